The summed E-state index contributed by atoms with van der Waals surface area (Å²) in [5, 5.41) is 0. The number of anilines is 1. The standard InChI is InChI=1S/C25H31N5O2/c1-18-6-5-11-30-23(17-26-25(18)30)22(20-7-9-21(10-8-20)27(3)4)16-24(32)29-14-12-28(13-15-29)19(2)31/h5-11,17,22H,12-16H2,1-4H3. The minimum Gasteiger partial charge on any atom is -0.378 e. The fraction of sp³-hybridized carbons (Fsp3) is 0.400. The van der Waals surface area contributed by atoms with E-state index in [2.05, 4.69) is 38.6 Å². The number of amides is 2. The number of imidazole rings is 1. The Balaban J connectivity index is 1.64. The van der Waals surface area contributed by atoms with Crippen LogP contribution < -0.4 is 4.90 Å². The SMILES string of the molecule is CC(=O)N1CCN(C(=O)CC(c2ccc(N(C)C)cc2)c2cnc3c(C)cccn23)CC1. The minimum absolute atomic E-state index is 0.0667. The number of rotatable bonds is 5. The third kappa shape index (κ3) is 4.33. The van der Waals surface area contributed by atoms with Gasteiger partial charge in [0.2, 0.25) is 11.8 Å². The number of hydrogen-bond donors (Lipinski definition) is 0. The summed E-state index contributed by atoms with van der Waals surface area (Å²) in [5.41, 5.74) is 5.24. The normalized spacial score (nSPS) is 15.1. The second-order valence-electron chi connectivity index (χ2n) is 8.70. The van der Waals surface area contributed by atoms with Crippen molar-refractivity contribution in [3.63, 3.8) is 0 Å². The molecule has 1 atom stereocenters. The van der Waals surface area contributed by atoms with E-state index in [1.807, 2.05) is 50.4 Å². The highest BCUT2D eigenvalue weighted by molar-refractivity contribution is 5.79. The van der Waals surface area contributed by atoms with Gasteiger partial charge in [-0.05, 0) is 36.2 Å². The van der Waals surface area contributed by atoms with Crippen molar-refractivity contribution in [3.8, 4) is 0 Å². The summed E-state index contributed by atoms with van der Waals surface area (Å²) in [6, 6.07) is 12.5. The number of pyridine rings is 1. The van der Waals surface area contributed by atoms with Crippen LogP contribution in [0.2, 0.25) is 0 Å². The summed E-state index contributed by atoms with van der Waals surface area (Å²) in [5.74, 6) is 0.0656. The van der Waals surface area contributed by atoms with Crippen molar-refractivity contribution in [2.75, 3.05) is 45.2 Å². The number of piperazine rings is 1. The van der Waals surface area contributed by atoms with E-state index in [9.17, 15) is 9.59 Å². The molecule has 168 valence electrons. The maximum atomic E-state index is 13.3. The predicted octanol–water partition coefficient (Wildman–Crippen LogP) is 2.92. The monoisotopic (exact) mass is 433 g/mol. The smallest absolute Gasteiger partial charge is 0.223 e. The Morgan fingerprint density at radius 2 is 1.69 bits per heavy atom. The lowest BCUT2D eigenvalue weighted by Crippen LogP contribution is -2.50. The molecule has 2 aromatic heterocycles. The van der Waals surface area contributed by atoms with Crippen LogP contribution in [0.3, 0.4) is 0 Å². The summed E-state index contributed by atoms with van der Waals surface area (Å²) in [6.45, 7) is 5.98. The lowest BCUT2D eigenvalue weighted by Gasteiger charge is -2.35. The highest BCUT2D eigenvalue weighted by Gasteiger charge is 2.27. The van der Waals surface area contributed by atoms with Gasteiger partial charge in [0.25, 0.3) is 0 Å². The van der Waals surface area contributed by atoms with E-state index in [1.54, 1.807) is 11.8 Å². The van der Waals surface area contributed by atoms with Crippen LogP contribution in [0.25, 0.3) is 5.65 Å². The van der Waals surface area contributed by atoms with Crippen LogP contribution >= 0.6 is 0 Å². The molecule has 32 heavy (non-hydrogen) atoms. The molecular formula is C25H31N5O2. The van der Waals surface area contributed by atoms with Gasteiger partial charge in [0.05, 0.1) is 5.69 Å². The van der Waals surface area contributed by atoms with Gasteiger partial charge in [-0.25, -0.2) is 4.98 Å². The van der Waals surface area contributed by atoms with Crippen LogP contribution in [-0.4, -0.2) is 71.3 Å². The van der Waals surface area contributed by atoms with Gasteiger partial charge in [0.15, 0.2) is 0 Å². The average Bonchev–Trinajstić information content (AvgIpc) is 3.22. The maximum Gasteiger partial charge on any atom is 0.223 e. The zero-order valence-electron chi connectivity index (χ0n) is 19.3. The van der Waals surface area contributed by atoms with Crippen LogP contribution in [0.4, 0.5) is 5.69 Å². The molecule has 3 aromatic rings. The van der Waals surface area contributed by atoms with Crippen LogP contribution in [0, 0.1) is 6.92 Å². The Hall–Kier alpha value is -3.35. The third-order valence-corrected chi connectivity index (χ3v) is 6.38. The number of carbonyl (C=O) groups excluding carboxylic acids is 2. The average molecular weight is 434 g/mol. The maximum absolute atomic E-state index is 13.3. The summed E-state index contributed by atoms with van der Waals surface area (Å²) < 4.78 is 2.10. The first kappa shape index (κ1) is 21.9. The van der Waals surface area contributed by atoms with Gasteiger partial charge in [0.1, 0.15) is 5.65 Å². The van der Waals surface area contributed by atoms with E-state index < -0.39 is 0 Å². The molecule has 1 saturated heterocycles. The van der Waals surface area contributed by atoms with Gasteiger partial charge in [0, 0.05) is 77.6 Å². The van der Waals surface area contributed by atoms with E-state index >= 15 is 0 Å². The molecule has 0 spiro atoms. The van der Waals surface area contributed by atoms with Gasteiger partial charge in [-0.15, -0.1) is 0 Å². The molecule has 1 aliphatic heterocycles. The lowest BCUT2D eigenvalue weighted by atomic mass is 9.91. The van der Waals surface area contributed by atoms with Gasteiger partial charge in [-0.1, -0.05) is 18.2 Å². The van der Waals surface area contributed by atoms with Crippen LogP contribution in [-0.2, 0) is 9.59 Å². The number of carbonyl (C=O) groups is 2. The van der Waals surface area contributed by atoms with Gasteiger partial charge < -0.3 is 19.1 Å². The second kappa shape index (κ2) is 9.02. The summed E-state index contributed by atoms with van der Waals surface area (Å²) in [6.07, 6.45) is 4.28. The molecule has 2 amide bonds. The molecule has 4 rings (SSSR count). The largest absolute Gasteiger partial charge is 0.378 e. The quantitative estimate of drug-likeness (QED) is 0.621. The number of hydrogen-bond acceptors (Lipinski definition) is 4. The Morgan fingerprint density at radius 1 is 1.03 bits per heavy atom. The van der Waals surface area contributed by atoms with E-state index in [0.717, 1.165) is 28.2 Å². The number of aryl methyl sites for hydroxylation is 1. The van der Waals surface area contributed by atoms with Crippen molar-refractivity contribution in [3.05, 3.63) is 65.6 Å². The Bertz CT molecular complexity index is 1110. The molecule has 0 saturated carbocycles. The zero-order valence-corrected chi connectivity index (χ0v) is 19.3. The Labute approximate surface area is 189 Å². The molecule has 0 bridgehead atoms. The Kier molecular flexibility index (Phi) is 6.17. The zero-order chi connectivity index (χ0) is 22.8. The summed E-state index contributed by atoms with van der Waals surface area (Å²) >= 11 is 0. The van der Waals surface area contributed by atoms with Crippen molar-refractivity contribution in [2.45, 2.75) is 26.2 Å². The minimum atomic E-state index is -0.110. The molecule has 1 aromatic carbocycles. The number of fused-ring (bicyclic) bond motifs is 1. The second-order valence-corrected chi connectivity index (χ2v) is 8.70. The van der Waals surface area contributed by atoms with Gasteiger partial charge in [-0.3, -0.25) is 9.59 Å². The highest BCUT2D eigenvalue weighted by atomic mass is 16.2. The van der Waals surface area contributed by atoms with Crippen molar-refractivity contribution >= 4 is 23.1 Å². The molecule has 7 heteroatoms. The lowest BCUT2D eigenvalue weighted by molar-refractivity contribution is -0.138. The first-order valence-corrected chi connectivity index (χ1v) is 11.1. The van der Waals surface area contributed by atoms with Crippen molar-refractivity contribution in [1.29, 1.82) is 0 Å². The Morgan fingerprint density at radius 3 is 2.31 bits per heavy atom. The van der Waals surface area contributed by atoms with Crippen LogP contribution in [0.1, 0.15) is 36.1 Å². The molecule has 1 aliphatic rings. The summed E-state index contributed by atoms with van der Waals surface area (Å²) in [7, 11) is 4.04. The van der Waals surface area contributed by atoms with Gasteiger partial charge in [-0.2, -0.15) is 0 Å². The molecular weight excluding hydrogens is 402 g/mol. The first-order valence-electron chi connectivity index (χ1n) is 11.1. The molecule has 1 fully saturated rings. The highest BCUT2D eigenvalue weighted by Crippen LogP contribution is 2.31. The fourth-order valence-electron chi connectivity index (χ4n) is 4.40. The molecule has 0 radical (unpaired) electrons. The predicted molar refractivity (Wildman–Crippen MR) is 126 cm³/mol. The topological polar surface area (TPSA) is 61.2 Å². The number of nitrogens with zero attached hydrogens (tertiary/aromatic N) is 5. The third-order valence-electron chi connectivity index (χ3n) is 6.38. The van der Waals surface area contributed by atoms with Crippen LogP contribution in [0.5, 0.6) is 0 Å². The van der Waals surface area contributed by atoms with Gasteiger partial charge >= 0.3 is 0 Å². The van der Waals surface area contributed by atoms with Crippen LogP contribution in [0.15, 0.2) is 48.8 Å². The van der Waals surface area contributed by atoms with E-state index in [1.165, 1.54) is 0 Å². The number of benzene rings is 1. The molecule has 0 N–H and O–H groups in total. The molecule has 3 heterocycles. The van der Waals surface area contributed by atoms with E-state index in [4.69, 9.17) is 0 Å². The molecule has 1 unspecified atom stereocenters. The number of aromatic nitrogens is 2. The molecule has 0 aliphatic carbocycles. The van der Waals surface area contributed by atoms with E-state index in [0.29, 0.717) is 32.6 Å². The summed E-state index contributed by atoms with van der Waals surface area (Å²) in [4.78, 5) is 35.3. The first-order chi connectivity index (χ1) is 15.3. The molecule has 7 nitrogen and oxygen atoms in total. The van der Waals surface area contributed by atoms with Crippen molar-refractivity contribution in [1.82, 2.24) is 19.2 Å². The van der Waals surface area contributed by atoms with Crippen molar-refractivity contribution in [2.24, 2.45) is 0 Å². The fourth-order valence-corrected chi connectivity index (χ4v) is 4.40. The van der Waals surface area contributed by atoms with Crippen molar-refractivity contribution < 1.29 is 9.59 Å². The van der Waals surface area contributed by atoms with E-state index in [-0.39, 0.29) is 17.7 Å².